The molecule has 2 aromatic heterocycles. The summed E-state index contributed by atoms with van der Waals surface area (Å²) < 4.78 is 43.7. The summed E-state index contributed by atoms with van der Waals surface area (Å²) in [6, 6.07) is 11.2. The minimum Gasteiger partial charge on any atom is -0.377 e. The smallest absolute Gasteiger partial charge is 0.252 e. The zero-order valence-electron chi connectivity index (χ0n) is 19.1. The van der Waals surface area contributed by atoms with Crippen molar-refractivity contribution in [1.29, 1.82) is 0 Å². The summed E-state index contributed by atoms with van der Waals surface area (Å²) in [5, 5.41) is 0.880. The van der Waals surface area contributed by atoms with Gasteiger partial charge in [-0.05, 0) is 67.0 Å². The van der Waals surface area contributed by atoms with Crippen LogP contribution in [0.4, 0.5) is 0 Å². The summed E-state index contributed by atoms with van der Waals surface area (Å²) in [7, 11) is -3.99. The van der Waals surface area contributed by atoms with Gasteiger partial charge in [0.15, 0.2) is 0 Å². The number of sulfonamides is 1. The first kappa shape index (κ1) is 23.1. The number of H-pyrrole nitrogens is 1. The first-order valence-electron chi connectivity index (χ1n) is 11.4. The van der Waals surface area contributed by atoms with Crippen LogP contribution >= 0.6 is 11.7 Å². The summed E-state index contributed by atoms with van der Waals surface area (Å²) in [4.78, 5) is 16.0. The van der Waals surface area contributed by atoms with Gasteiger partial charge in [0.25, 0.3) is 5.56 Å². The van der Waals surface area contributed by atoms with Crippen LogP contribution in [0.1, 0.15) is 36.5 Å². The Morgan fingerprint density at radius 1 is 1.21 bits per heavy atom. The number of ether oxygens (including phenoxy) is 1. The molecule has 178 valence electrons. The lowest BCUT2D eigenvalue weighted by molar-refractivity contribution is 0.0925. The zero-order valence-corrected chi connectivity index (χ0v) is 20.7. The van der Waals surface area contributed by atoms with Gasteiger partial charge in [-0.1, -0.05) is 19.1 Å². The summed E-state index contributed by atoms with van der Waals surface area (Å²) in [5.41, 5.74) is 3.47. The summed E-state index contributed by atoms with van der Waals surface area (Å²) in [6.07, 6.45) is 2.32. The van der Waals surface area contributed by atoms with Gasteiger partial charge in [-0.15, -0.1) is 0 Å². The molecule has 1 atom stereocenters. The summed E-state index contributed by atoms with van der Waals surface area (Å²) in [5.74, 6) is 0. The Hall–Kier alpha value is -2.66. The van der Waals surface area contributed by atoms with Crippen LogP contribution in [0.5, 0.6) is 0 Å². The second-order valence-corrected chi connectivity index (χ2v) is 11.1. The number of pyridine rings is 1. The third-order valence-corrected chi connectivity index (χ3v) is 8.88. The molecule has 1 aliphatic heterocycles. The molecule has 4 aromatic rings. The van der Waals surface area contributed by atoms with E-state index >= 15 is 0 Å². The number of fused-ring (bicyclic) bond motifs is 2. The van der Waals surface area contributed by atoms with Crippen molar-refractivity contribution >= 4 is 43.7 Å². The molecule has 0 spiro atoms. The minimum atomic E-state index is -3.99. The van der Waals surface area contributed by atoms with E-state index in [2.05, 4.69) is 20.7 Å². The van der Waals surface area contributed by atoms with Crippen LogP contribution < -0.4 is 5.56 Å². The van der Waals surface area contributed by atoms with Crippen LogP contribution in [0, 0.1) is 6.92 Å². The van der Waals surface area contributed by atoms with Crippen LogP contribution in [-0.2, 0) is 27.7 Å². The molecule has 1 saturated heterocycles. The largest absolute Gasteiger partial charge is 0.377 e. The standard InChI is InChI=1S/C24H26N4O4S2/c1-3-16-7-9-20-17(11-16)12-18(24(29)25-20)13-28(14-19-5-4-10-32-19)34(30,31)23-15(2)6-8-21-22(23)27-33-26-21/h6-9,11-12,19H,3-5,10,13-14H2,1-2H3,(H,25,29)/t19-/m1/s1. The molecule has 0 bridgehead atoms. The minimum absolute atomic E-state index is 0.0583. The van der Waals surface area contributed by atoms with Crippen molar-refractivity contribution in [3.63, 3.8) is 0 Å². The van der Waals surface area contributed by atoms with Gasteiger partial charge in [0.05, 0.1) is 17.8 Å². The van der Waals surface area contributed by atoms with Crippen molar-refractivity contribution in [3.05, 3.63) is 63.4 Å². The molecule has 34 heavy (non-hydrogen) atoms. The number of aromatic nitrogens is 3. The maximum Gasteiger partial charge on any atom is 0.252 e. The quantitative estimate of drug-likeness (QED) is 0.416. The third-order valence-electron chi connectivity index (χ3n) is 6.35. The van der Waals surface area contributed by atoms with Crippen LogP contribution in [-0.4, -0.2) is 45.7 Å². The number of hydrogen-bond acceptors (Lipinski definition) is 7. The molecule has 0 unspecified atom stereocenters. The van der Waals surface area contributed by atoms with Gasteiger partial charge in [0, 0.05) is 30.8 Å². The number of benzene rings is 2. The molecule has 0 radical (unpaired) electrons. The Morgan fingerprint density at radius 2 is 2.06 bits per heavy atom. The van der Waals surface area contributed by atoms with Crippen LogP contribution in [0.25, 0.3) is 21.9 Å². The second-order valence-electron chi connectivity index (χ2n) is 8.67. The average molecular weight is 499 g/mol. The van der Waals surface area contributed by atoms with E-state index in [4.69, 9.17) is 4.74 Å². The van der Waals surface area contributed by atoms with E-state index in [0.29, 0.717) is 28.8 Å². The molecule has 10 heteroatoms. The van der Waals surface area contributed by atoms with Crippen molar-refractivity contribution in [2.75, 3.05) is 13.2 Å². The second kappa shape index (κ2) is 9.18. The molecule has 1 fully saturated rings. The van der Waals surface area contributed by atoms with E-state index in [1.807, 2.05) is 18.2 Å². The predicted molar refractivity (Wildman–Crippen MR) is 133 cm³/mol. The molecule has 0 saturated carbocycles. The zero-order chi connectivity index (χ0) is 23.9. The highest BCUT2D eigenvalue weighted by molar-refractivity contribution is 7.89. The number of rotatable bonds is 7. The lowest BCUT2D eigenvalue weighted by Crippen LogP contribution is -2.38. The molecule has 2 aromatic carbocycles. The molecule has 5 rings (SSSR count). The first-order valence-corrected chi connectivity index (χ1v) is 13.5. The summed E-state index contributed by atoms with van der Waals surface area (Å²) in [6.45, 7) is 4.55. The monoisotopic (exact) mass is 498 g/mol. The van der Waals surface area contributed by atoms with Gasteiger partial charge >= 0.3 is 0 Å². The van der Waals surface area contributed by atoms with E-state index in [9.17, 15) is 13.2 Å². The van der Waals surface area contributed by atoms with Crippen LogP contribution in [0.2, 0.25) is 0 Å². The topological polar surface area (TPSA) is 105 Å². The van der Waals surface area contributed by atoms with Crippen molar-refractivity contribution in [2.45, 2.75) is 50.7 Å². The Morgan fingerprint density at radius 3 is 2.82 bits per heavy atom. The molecular formula is C24H26N4O4S2. The lowest BCUT2D eigenvalue weighted by atomic mass is 10.1. The van der Waals surface area contributed by atoms with E-state index in [1.54, 1.807) is 25.1 Å². The van der Waals surface area contributed by atoms with Crippen molar-refractivity contribution in [2.24, 2.45) is 0 Å². The Kier molecular flexibility index (Phi) is 6.24. The highest BCUT2D eigenvalue weighted by Crippen LogP contribution is 2.30. The third kappa shape index (κ3) is 4.26. The number of aryl methyl sites for hydroxylation is 2. The van der Waals surface area contributed by atoms with E-state index in [1.165, 1.54) is 4.31 Å². The van der Waals surface area contributed by atoms with Gasteiger partial charge in [-0.25, -0.2) is 8.42 Å². The fourth-order valence-electron chi connectivity index (χ4n) is 4.48. The van der Waals surface area contributed by atoms with E-state index < -0.39 is 10.0 Å². The van der Waals surface area contributed by atoms with Gasteiger partial charge in [0.1, 0.15) is 15.9 Å². The Balaban J connectivity index is 1.60. The highest BCUT2D eigenvalue weighted by atomic mass is 32.2. The van der Waals surface area contributed by atoms with Crippen molar-refractivity contribution in [1.82, 2.24) is 18.0 Å². The van der Waals surface area contributed by atoms with E-state index in [-0.39, 0.29) is 29.6 Å². The highest BCUT2D eigenvalue weighted by Gasteiger charge is 2.33. The molecule has 3 heterocycles. The number of nitrogens with zero attached hydrogens (tertiary/aromatic N) is 3. The molecule has 1 N–H and O–H groups in total. The molecule has 0 amide bonds. The predicted octanol–water partition coefficient (Wildman–Crippen LogP) is 3.77. The molecule has 8 nitrogen and oxygen atoms in total. The molecule has 0 aliphatic carbocycles. The van der Waals surface area contributed by atoms with Crippen molar-refractivity contribution in [3.8, 4) is 0 Å². The first-order chi connectivity index (χ1) is 16.4. The molecular weight excluding hydrogens is 472 g/mol. The fourth-order valence-corrected chi connectivity index (χ4v) is 6.87. The number of nitrogens with one attached hydrogen (secondary N) is 1. The van der Waals surface area contributed by atoms with E-state index in [0.717, 1.165) is 47.5 Å². The molecule has 1 aliphatic rings. The maximum absolute atomic E-state index is 14.0. The van der Waals surface area contributed by atoms with Gasteiger partial charge in [-0.3, -0.25) is 4.79 Å². The fraction of sp³-hybridized carbons (Fsp3) is 0.375. The maximum atomic E-state index is 14.0. The van der Waals surface area contributed by atoms with Crippen LogP contribution in [0.15, 0.2) is 46.1 Å². The van der Waals surface area contributed by atoms with Gasteiger partial charge in [0.2, 0.25) is 10.0 Å². The number of aromatic amines is 1. The van der Waals surface area contributed by atoms with Gasteiger partial charge < -0.3 is 9.72 Å². The van der Waals surface area contributed by atoms with Crippen molar-refractivity contribution < 1.29 is 13.2 Å². The lowest BCUT2D eigenvalue weighted by Gasteiger charge is -2.25. The SMILES string of the molecule is CCc1ccc2[nH]c(=O)c(CN(C[C@H]3CCCO3)S(=O)(=O)c3c(C)ccc4nsnc34)cc2c1. The Labute approximate surface area is 202 Å². The number of hydrogen-bond donors (Lipinski definition) is 1. The Bertz CT molecular complexity index is 1520. The average Bonchev–Trinajstić information content (AvgIpc) is 3.50. The summed E-state index contributed by atoms with van der Waals surface area (Å²) >= 11 is 0.985. The van der Waals surface area contributed by atoms with Crippen LogP contribution in [0.3, 0.4) is 0 Å². The van der Waals surface area contributed by atoms with Gasteiger partial charge in [-0.2, -0.15) is 13.1 Å². The normalized spacial score (nSPS) is 16.7.